The van der Waals surface area contributed by atoms with Crippen molar-refractivity contribution in [3.05, 3.63) is 54.1 Å². The Morgan fingerprint density at radius 2 is 2.11 bits per heavy atom. The molecular formula is C15H18O3. The number of hydrogen-bond donors (Lipinski definition) is 1. The summed E-state index contributed by atoms with van der Waals surface area (Å²) in [7, 11) is 0. The third-order valence-electron chi connectivity index (χ3n) is 2.69. The Morgan fingerprint density at radius 3 is 2.61 bits per heavy atom. The second kappa shape index (κ2) is 5.65. The third-order valence-corrected chi connectivity index (χ3v) is 2.69. The summed E-state index contributed by atoms with van der Waals surface area (Å²) < 4.78 is 5.15. The lowest BCUT2D eigenvalue weighted by Crippen LogP contribution is -2.32. The number of carbonyl (C=O) groups is 1. The van der Waals surface area contributed by atoms with Crippen LogP contribution in [0.3, 0.4) is 0 Å². The molecule has 0 aromatic heterocycles. The van der Waals surface area contributed by atoms with Gasteiger partial charge < -0.3 is 9.84 Å². The van der Waals surface area contributed by atoms with Crippen molar-refractivity contribution < 1.29 is 14.6 Å². The Morgan fingerprint density at radius 1 is 1.50 bits per heavy atom. The van der Waals surface area contributed by atoms with Gasteiger partial charge in [-0.2, -0.15) is 0 Å². The molecule has 0 saturated carbocycles. The Hall–Kier alpha value is -1.87. The molecule has 1 aromatic carbocycles. The normalized spacial score (nSPS) is 13.5. The number of hydrogen-bond acceptors (Lipinski definition) is 3. The molecule has 0 aliphatic carbocycles. The Labute approximate surface area is 107 Å². The number of carbonyl (C=O) groups excluding carboxylic acids is 1. The fourth-order valence-corrected chi connectivity index (χ4v) is 1.59. The van der Waals surface area contributed by atoms with Crippen LogP contribution in [0, 0.1) is 0 Å². The maximum atomic E-state index is 11.6. The SMILES string of the molecule is C=Cc1ccccc1C(O)(CC)OC(=O)C(=C)C. The van der Waals surface area contributed by atoms with Crippen LogP contribution < -0.4 is 0 Å². The van der Waals surface area contributed by atoms with Crippen LogP contribution >= 0.6 is 0 Å². The van der Waals surface area contributed by atoms with Crippen LogP contribution in [0.25, 0.3) is 6.08 Å². The molecule has 0 aliphatic rings. The average molecular weight is 246 g/mol. The van der Waals surface area contributed by atoms with Crippen LogP contribution in [0.4, 0.5) is 0 Å². The van der Waals surface area contributed by atoms with Crippen LogP contribution in [-0.4, -0.2) is 11.1 Å². The van der Waals surface area contributed by atoms with Gasteiger partial charge in [0, 0.05) is 17.6 Å². The predicted molar refractivity (Wildman–Crippen MR) is 71.6 cm³/mol. The molecule has 0 spiro atoms. The fraction of sp³-hybridized carbons (Fsp3) is 0.267. The topological polar surface area (TPSA) is 46.5 Å². The fourth-order valence-electron chi connectivity index (χ4n) is 1.59. The smallest absolute Gasteiger partial charge is 0.335 e. The molecule has 0 radical (unpaired) electrons. The molecule has 0 fully saturated rings. The second-order valence-corrected chi connectivity index (χ2v) is 4.10. The third kappa shape index (κ3) is 2.87. The minimum Gasteiger partial charge on any atom is -0.425 e. The maximum absolute atomic E-state index is 11.6. The molecular weight excluding hydrogens is 228 g/mol. The summed E-state index contributed by atoms with van der Waals surface area (Å²) in [6.07, 6.45) is 1.86. The van der Waals surface area contributed by atoms with Gasteiger partial charge in [0.15, 0.2) is 0 Å². The van der Waals surface area contributed by atoms with E-state index in [0.717, 1.165) is 5.56 Å². The largest absolute Gasteiger partial charge is 0.425 e. The Kier molecular flexibility index (Phi) is 4.45. The van der Waals surface area contributed by atoms with Crippen LogP contribution in [0.2, 0.25) is 0 Å². The van der Waals surface area contributed by atoms with Gasteiger partial charge in [-0.3, -0.25) is 0 Å². The van der Waals surface area contributed by atoms with E-state index in [0.29, 0.717) is 5.56 Å². The molecule has 1 unspecified atom stereocenters. The molecule has 1 aromatic rings. The molecule has 3 heteroatoms. The van der Waals surface area contributed by atoms with Gasteiger partial charge in [-0.15, -0.1) is 0 Å². The zero-order valence-corrected chi connectivity index (χ0v) is 10.8. The molecule has 18 heavy (non-hydrogen) atoms. The summed E-state index contributed by atoms with van der Waals surface area (Å²) >= 11 is 0. The summed E-state index contributed by atoms with van der Waals surface area (Å²) in [5, 5.41) is 10.5. The highest BCUT2D eigenvalue weighted by molar-refractivity contribution is 5.87. The number of ether oxygens (including phenoxy) is 1. The Bertz CT molecular complexity index is 476. The van der Waals surface area contributed by atoms with Crippen molar-refractivity contribution in [1.82, 2.24) is 0 Å². The van der Waals surface area contributed by atoms with Crippen molar-refractivity contribution in [1.29, 1.82) is 0 Å². The molecule has 1 atom stereocenters. The van der Waals surface area contributed by atoms with E-state index in [-0.39, 0.29) is 12.0 Å². The summed E-state index contributed by atoms with van der Waals surface area (Å²) in [5.74, 6) is -2.26. The van der Waals surface area contributed by atoms with Crippen molar-refractivity contribution in [2.45, 2.75) is 26.1 Å². The van der Waals surface area contributed by atoms with Crippen molar-refractivity contribution in [2.24, 2.45) is 0 Å². The zero-order valence-electron chi connectivity index (χ0n) is 10.8. The van der Waals surface area contributed by atoms with Gasteiger partial charge in [0.2, 0.25) is 5.79 Å². The first-order valence-electron chi connectivity index (χ1n) is 5.77. The van der Waals surface area contributed by atoms with E-state index >= 15 is 0 Å². The second-order valence-electron chi connectivity index (χ2n) is 4.10. The van der Waals surface area contributed by atoms with E-state index in [1.165, 1.54) is 6.92 Å². The summed E-state index contributed by atoms with van der Waals surface area (Å²) in [6, 6.07) is 7.12. The highest BCUT2D eigenvalue weighted by atomic mass is 16.7. The maximum Gasteiger partial charge on any atom is 0.335 e. The van der Waals surface area contributed by atoms with E-state index in [1.807, 2.05) is 6.07 Å². The first-order valence-corrected chi connectivity index (χ1v) is 5.77. The van der Waals surface area contributed by atoms with Gasteiger partial charge in [-0.1, -0.05) is 50.4 Å². The average Bonchev–Trinajstić information content (AvgIpc) is 2.38. The predicted octanol–water partition coefficient (Wildman–Crippen LogP) is 3.00. The molecule has 0 saturated heterocycles. The number of rotatable bonds is 5. The van der Waals surface area contributed by atoms with E-state index in [4.69, 9.17) is 4.74 Å². The number of benzene rings is 1. The molecule has 1 N–H and O–H groups in total. The van der Waals surface area contributed by atoms with Gasteiger partial charge in [-0.05, 0) is 12.5 Å². The quantitative estimate of drug-likeness (QED) is 0.493. The molecule has 0 heterocycles. The summed E-state index contributed by atoms with van der Waals surface area (Å²) in [4.78, 5) is 11.6. The van der Waals surface area contributed by atoms with Crippen molar-refractivity contribution >= 4 is 12.0 Å². The summed E-state index contributed by atoms with van der Waals surface area (Å²) in [5.41, 5.74) is 1.51. The van der Waals surface area contributed by atoms with Gasteiger partial charge in [-0.25, -0.2) is 4.79 Å². The van der Waals surface area contributed by atoms with Crippen molar-refractivity contribution in [3.8, 4) is 0 Å². The van der Waals surface area contributed by atoms with Gasteiger partial charge >= 0.3 is 5.97 Å². The van der Waals surface area contributed by atoms with Crippen molar-refractivity contribution in [2.75, 3.05) is 0 Å². The van der Waals surface area contributed by atoms with E-state index in [9.17, 15) is 9.90 Å². The van der Waals surface area contributed by atoms with Gasteiger partial charge in [0.1, 0.15) is 0 Å². The van der Waals surface area contributed by atoms with Crippen LogP contribution in [-0.2, 0) is 15.3 Å². The minimum atomic E-state index is -1.65. The first-order chi connectivity index (χ1) is 8.44. The highest BCUT2D eigenvalue weighted by Crippen LogP contribution is 2.30. The molecule has 0 amide bonds. The monoisotopic (exact) mass is 246 g/mol. The molecule has 1 rings (SSSR count). The molecule has 0 bridgehead atoms. The Balaban J connectivity index is 3.18. The van der Waals surface area contributed by atoms with Crippen LogP contribution in [0.15, 0.2) is 43.0 Å². The lowest BCUT2D eigenvalue weighted by molar-refractivity contribution is -0.212. The molecule has 3 nitrogen and oxygen atoms in total. The van der Waals surface area contributed by atoms with Crippen LogP contribution in [0.1, 0.15) is 31.4 Å². The van der Waals surface area contributed by atoms with E-state index in [2.05, 4.69) is 13.2 Å². The number of aliphatic hydroxyl groups is 1. The number of esters is 1. The van der Waals surface area contributed by atoms with Gasteiger partial charge in [0.05, 0.1) is 0 Å². The zero-order chi connectivity index (χ0) is 13.8. The van der Waals surface area contributed by atoms with Crippen LogP contribution in [0.5, 0.6) is 0 Å². The van der Waals surface area contributed by atoms with E-state index < -0.39 is 11.8 Å². The highest BCUT2D eigenvalue weighted by Gasteiger charge is 2.33. The first kappa shape index (κ1) is 14.2. The molecule has 0 aliphatic heterocycles. The lowest BCUT2D eigenvalue weighted by atomic mass is 9.97. The molecule has 96 valence electrons. The summed E-state index contributed by atoms with van der Waals surface area (Å²) in [6.45, 7) is 10.5. The standard InChI is InChI=1S/C15H18O3/c1-5-12-9-7-8-10-13(12)15(17,6-2)18-14(16)11(3)4/h5,7-10,17H,1,3,6H2,2,4H3. The minimum absolute atomic E-state index is 0.247. The lowest BCUT2D eigenvalue weighted by Gasteiger charge is -2.28. The van der Waals surface area contributed by atoms with Crippen molar-refractivity contribution in [3.63, 3.8) is 0 Å². The van der Waals surface area contributed by atoms with Gasteiger partial charge in [0.25, 0.3) is 0 Å². The van der Waals surface area contributed by atoms with E-state index in [1.54, 1.807) is 31.2 Å².